The number of thiophene rings is 1. The Morgan fingerprint density at radius 2 is 2.12 bits per heavy atom. The minimum absolute atomic E-state index is 0.381. The van der Waals surface area contributed by atoms with Crippen LogP contribution < -0.4 is 10.0 Å². The fourth-order valence-corrected chi connectivity index (χ4v) is 3.63. The largest absolute Gasteiger partial charge is 0.312 e. The second kappa shape index (κ2) is 7.10. The molecular weight excluding hydrogens is 256 g/mol. The van der Waals surface area contributed by atoms with E-state index >= 15 is 0 Å². The van der Waals surface area contributed by atoms with Gasteiger partial charge in [0, 0.05) is 23.3 Å². The summed E-state index contributed by atoms with van der Waals surface area (Å²) in [4.78, 5) is 1.43. The van der Waals surface area contributed by atoms with Crippen molar-refractivity contribution in [3.05, 3.63) is 16.3 Å². The maximum absolute atomic E-state index is 11.9. The second-order valence-corrected chi connectivity index (χ2v) is 6.54. The summed E-state index contributed by atoms with van der Waals surface area (Å²) < 4.78 is 26.3. The fraction of sp³-hybridized carbons (Fsp3) is 0.636. The van der Waals surface area contributed by atoms with Crippen LogP contribution in [0, 0.1) is 0 Å². The summed E-state index contributed by atoms with van der Waals surface area (Å²) in [5, 5.41) is 4.87. The highest BCUT2D eigenvalue weighted by molar-refractivity contribution is 7.89. The lowest BCUT2D eigenvalue weighted by Gasteiger charge is -2.03. The van der Waals surface area contributed by atoms with Crippen molar-refractivity contribution in [1.82, 2.24) is 10.0 Å². The Morgan fingerprint density at radius 1 is 1.35 bits per heavy atom. The first-order chi connectivity index (χ1) is 8.10. The highest BCUT2D eigenvalue weighted by Gasteiger charge is 2.15. The molecule has 4 nitrogen and oxygen atoms in total. The Balaban J connectivity index is 2.61. The number of hydrogen-bond acceptors (Lipinski definition) is 4. The van der Waals surface area contributed by atoms with Crippen LogP contribution in [0.15, 0.2) is 16.3 Å². The van der Waals surface area contributed by atoms with Crippen molar-refractivity contribution in [3.8, 4) is 0 Å². The molecule has 0 saturated heterocycles. The molecule has 1 aromatic heterocycles. The van der Waals surface area contributed by atoms with Crippen molar-refractivity contribution in [3.63, 3.8) is 0 Å². The Labute approximate surface area is 107 Å². The SMILES string of the molecule is CCCCNS(=O)(=O)c1csc(CNCC)c1. The molecule has 1 rings (SSSR count). The average molecular weight is 276 g/mol. The van der Waals surface area contributed by atoms with E-state index in [9.17, 15) is 8.42 Å². The average Bonchev–Trinajstić information content (AvgIpc) is 2.76. The molecule has 17 heavy (non-hydrogen) atoms. The van der Waals surface area contributed by atoms with E-state index in [0.717, 1.165) is 30.8 Å². The summed E-state index contributed by atoms with van der Waals surface area (Å²) in [6.45, 7) is 6.18. The molecule has 1 aromatic rings. The van der Waals surface area contributed by atoms with E-state index in [1.807, 2.05) is 13.8 Å². The van der Waals surface area contributed by atoms with Crippen LogP contribution in [0.2, 0.25) is 0 Å². The molecule has 1 heterocycles. The zero-order valence-corrected chi connectivity index (χ0v) is 12.0. The summed E-state index contributed by atoms with van der Waals surface area (Å²) in [5.41, 5.74) is 0. The van der Waals surface area contributed by atoms with Gasteiger partial charge in [-0.2, -0.15) is 0 Å². The lowest BCUT2D eigenvalue weighted by atomic mass is 10.3. The number of hydrogen-bond donors (Lipinski definition) is 2. The number of sulfonamides is 1. The van der Waals surface area contributed by atoms with E-state index in [1.54, 1.807) is 11.4 Å². The maximum Gasteiger partial charge on any atom is 0.241 e. The van der Waals surface area contributed by atoms with Gasteiger partial charge in [-0.3, -0.25) is 0 Å². The third-order valence-electron chi connectivity index (χ3n) is 2.31. The van der Waals surface area contributed by atoms with Crippen molar-refractivity contribution >= 4 is 21.4 Å². The second-order valence-electron chi connectivity index (χ2n) is 3.78. The summed E-state index contributed by atoms with van der Waals surface area (Å²) >= 11 is 1.47. The van der Waals surface area contributed by atoms with Crippen molar-refractivity contribution in [2.45, 2.75) is 38.1 Å². The molecule has 98 valence electrons. The van der Waals surface area contributed by atoms with E-state index in [2.05, 4.69) is 10.0 Å². The summed E-state index contributed by atoms with van der Waals surface area (Å²) in [7, 11) is -3.30. The predicted molar refractivity (Wildman–Crippen MR) is 71.8 cm³/mol. The maximum atomic E-state index is 11.9. The van der Waals surface area contributed by atoms with Crippen LogP contribution in [0.25, 0.3) is 0 Å². The first-order valence-corrected chi connectivity index (χ1v) is 8.24. The fourth-order valence-electron chi connectivity index (χ4n) is 1.31. The van der Waals surface area contributed by atoms with Gasteiger partial charge in [0.15, 0.2) is 0 Å². The Bertz CT molecular complexity index is 426. The lowest BCUT2D eigenvalue weighted by molar-refractivity contribution is 0.578. The third kappa shape index (κ3) is 4.75. The molecule has 0 spiro atoms. The standard InChI is InChI=1S/C11H20N2O2S2/c1-3-5-6-13-17(14,15)11-7-10(16-9-11)8-12-4-2/h7,9,12-13H,3-6,8H2,1-2H3. The first-order valence-electron chi connectivity index (χ1n) is 5.88. The zero-order chi connectivity index (χ0) is 12.7. The molecule has 0 fully saturated rings. The van der Waals surface area contributed by atoms with Gasteiger partial charge in [0.05, 0.1) is 4.90 Å². The zero-order valence-electron chi connectivity index (χ0n) is 10.3. The van der Waals surface area contributed by atoms with Crippen molar-refractivity contribution in [2.75, 3.05) is 13.1 Å². The molecule has 0 aliphatic carbocycles. The van der Waals surface area contributed by atoms with Gasteiger partial charge in [0.1, 0.15) is 0 Å². The van der Waals surface area contributed by atoms with E-state index in [0.29, 0.717) is 11.4 Å². The Hall–Kier alpha value is -0.430. The van der Waals surface area contributed by atoms with Gasteiger partial charge in [-0.15, -0.1) is 11.3 Å². The van der Waals surface area contributed by atoms with Gasteiger partial charge in [0.25, 0.3) is 0 Å². The minimum atomic E-state index is -3.30. The molecule has 0 saturated carbocycles. The minimum Gasteiger partial charge on any atom is -0.312 e. The molecule has 0 radical (unpaired) electrons. The molecule has 0 unspecified atom stereocenters. The van der Waals surface area contributed by atoms with Crippen molar-refractivity contribution in [1.29, 1.82) is 0 Å². The van der Waals surface area contributed by atoms with Crippen LogP contribution >= 0.6 is 11.3 Å². The number of nitrogens with one attached hydrogen (secondary N) is 2. The smallest absolute Gasteiger partial charge is 0.241 e. The molecule has 0 aromatic carbocycles. The van der Waals surface area contributed by atoms with Gasteiger partial charge in [0.2, 0.25) is 10.0 Å². The summed E-state index contributed by atoms with van der Waals surface area (Å²) in [5.74, 6) is 0. The highest BCUT2D eigenvalue weighted by Crippen LogP contribution is 2.18. The summed E-state index contributed by atoms with van der Waals surface area (Å²) in [6.07, 6.45) is 1.85. The molecule has 2 N–H and O–H groups in total. The Morgan fingerprint density at radius 3 is 2.76 bits per heavy atom. The topological polar surface area (TPSA) is 58.2 Å². The molecule has 0 amide bonds. The monoisotopic (exact) mass is 276 g/mol. The lowest BCUT2D eigenvalue weighted by Crippen LogP contribution is -2.24. The van der Waals surface area contributed by atoms with E-state index in [4.69, 9.17) is 0 Å². The van der Waals surface area contributed by atoms with Crippen LogP contribution in [0.1, 0.15) is 31.6 Å². The molecular formula is C11H20N2O2S2. The van der Waals surface area contributed by atoms with Gasteiger partial charge in [-0.25, -0.2) is 13.1 Å². The third-order valence-corrected chi connectivity index (χ3v) is 4.84. The van der Waals surface area contributed by atoms with Crippen LogP contribution in [0.5, 0.6) is 0 Å². The van der Waals surface area contributed by atoms with Gasteiger partial charge in [-0.05, 0) is 19.0 Å². The number of unbranched alkanes of at least 4 members (excludes halogenated alkanes) is 1. The van der Waals surface area contributed by atoms with Gasteiger partial charge < -0.3 is 5.32 Å². The Kier molecular flexibility index (Phi) is 6.11. The van der Waals surface area contributed by atoms with Crippen LogP contribution in [-0.2, 0) is 16.6 Å². The molecule has 0 atom stereocenters. The molecule has 0 bridgehead atoms. The molecule has 6 heteroatoms. The van der Waals surface area contributed by atoms with Crippen LogP contribution in [-0.4, -0.2) is 21.5 Å². The quantitative estimate of drug-likeness (QED) is 0.713. The normalized spacial score (nSPS) is 11.9. The van der Waals surface area contributed by atoms with Gasteiger partial charge in [-0.1, -0.05) is 20.3 Å². The van der Waals surface area contributed by atoms with Crippen LogP contribution in [0.3, 0.4) is 0 Å². The first kappa shape index (κ1) is 14.6. The molecule has 0 aliphatic rings. The highest BCUT2D eigenvalue weighted by atomic mass is 32.2. The van der Waals surface area contributed by atoms with E-state index < -0.39 is 10.0 Å². The molecule has 0 aliphatic heterocycles. The predicted octanol–water partition coefficient (Wildman–Crippen LogP) is 1.94. The van der Waals surface area contributed by atoms with Crippen molar-refractivity contribution < 1.29 is 8.42 Å². The number of rotatable bonds is 8. The van der Waals surface area contributed by atoms with E-state index in [-0.39, 0.29) is 0 Å². The van der Waals surface area contributed by atoms with E-state index in [1.165, 1.54) is 11.3 Å². The van der Waals surface area contributed by atoms with Gasteiger partial charge >= 0.3 is 0 Å². The van der Waals surface area contributed by atoms with Crippen LogP contribution in [0.4, 0.5) is 0 Å². The summed E-state index contributed by atoms with van der Waals surface area (Å²) in [6, 6.07) is 1.74. The van der Waals surface area contributed by atoms with Crippen molar-refractivity contribution in [2.24, 2.45) is 0 Å².